The third-order valence-corrected chi connectivity index (χ3v) is 3.55. The minimum atomic E-state index is 0.570. The maximum atomic E-state index is 5.82. The van der Waals surface area contributed by atoms with Crippen LogP contribution in [0, 0.1) is 5.92 Å². The number of rotatable bonds is 2. The van der Waals surface area contributed by atoms with E-state index in [0.29, 0.717) is 6.04 Å². The molecular formula is C11H23N3. The highest BCUT2D eigenvalue weighted by atomic mass is 15.3. The lowest BCUT2D eigenvalue weighted by molar-refractivity contribution is 0.206. The summed E-state index contributed by atoms with van der Waals surface area (Å²) in [6, 6.07) is 1.46. The van der Waals surface area contributed by atoms with E-state index in [1.807, 2.05) is 0 Å². The Morgan fingerprint density at radius 2 is 1.93 bits per heavy atom. The molecule has 14 heavy (non-hydrogen) atoms. The van der Waals surface area contributed by atoms with Gasteiger partial charge in [-0.15, -0.1) is 0 Å². The monoisotopic (exact) mass is 197 g/mol. The predicted molar refractivity (Wildman–Crippen MR) is 59.2 cm³/mol. The molecule has 0 aromatic rings. The third-order valence-electron chi connectivity index (χ3n) is 3.55. The first-order chi connectivity index (χ1) is 6.70. The standard InChI is InChI=1S/C11H23N3/c1-9-6-13(2)11(5-12)8-14(7-9)10-3-4-10/h9-11H,3-8,12H2,1-2H3. The summed E-state index contributed by atoms with van der Waals surface area (Å²) in [5.74, 6) is 0.789. The molecule has 1 heterocycles. The first-order valence-corrected chi connectivity index (χ1v) is 5.85. The van der Waals surface area contributed by atoms with Gasteiger partial charge in [-0.3, -0.25) is 4.90 Å². The summed E-state index contributed by atoms with van der Waals surface area (Å²) in [5, 5.41) is 0. The second kappa shape index (κ2) is 4.17. The number of hydrogen-bond acceptors (Lipinski definition) is 3. The minimum absolute atomic E-state index is 0.570. The highest BCUT2D eigenvalue weighted by Gasteiger charge is 2.34. The Morgan fingerprint density at radius 1 is 1.21 bits per heavy atom. The average Bonchev–Trinajstić information content (AvgIpc) is 2.92. The second-order valence-corrected chi connectivity index (χ2v) is 5.12. The van der Waals surface area contributed by atoms with Gasteiger partial charge in [-0.1, -0.05) is 6.92 Å². The molecule has 1 aliphatic carbocycles. The molecule has 3 heteroatoms. The van der Waals surface area contributed by atoms with Gasteiger partial charge >= 0.3 is 0 Å². The Labute approximate surface area is 87.2 Å². The first kappa shape index (κ1) is 10.4. The van der Waals surface area contributed by atoms with Gasteiger partial charge < -0.3 is 10.6 Å². The van der Waals surface area contributed by atoms with Gasteiger partial charge in [0.2, 0.25) is 0 Å². The number of hydrogen-bond donors (Lipinski definition) is 1. The lowest BCUT2D eigenvalue weighted by atomic mass is 10.1. The topological polar surface area (TPSA) is 32.5 Å². The molecular weight excluding hydrogens is 174 g/mol. The quantitative estimate of drug-likeness (QED) is 0.694. The fraction of sp³-hybridized carbons (Fsp3) is 1.00. The van der Waals surface area contributed by atoms with Crippen LogP contribution in [0.5, 0.6) is 0 Å². The number of nitrogens with zero attached hydrogens (tertiary/aromatic N) is 2. The summed E-state index contributed by atoms with van der Waals surface area (Å²) in [6.07, 6.45) is 2.82. The zero-order chi connectivity index (χ0) is 10.1. The van der Waals surface area contributed by atoms with Crippen LogP contribution in [0.15, 0.2) is 0 Å². The lowest BCUT2D eigenvalue weighted by Gasteiger charge is -2.27. The smallest absolute Gasteiger partial charge is 0.0342 e. The maximum Gasteiger partial charge on any atom is 0.0342 e. The van der Waals surface area contributed by atoms with E-state index in [1.54, 1.807) is 0 Å². The van der Waals surface area contributed by atoms with Crippen molar-refractivity contribution in [2.24, 2.45) is 11.7 Å². The van der Waals surface area contributed by atoms with Crippen LogP contribution in [0.4, 0.5) is 0 Å². The van der Waals surface area contributed by atoms with E-state index in [4.69, 9.17) is 5.73 Å². The number of nitrogens with two attached hydrogens (primary N) is 1. The minimum Gasteiger partial charge on any atom is -0.329 e. The molecule has 2 fully saturated rings. The van der Waals surface area contributed by atoms with Crippen molar-refractivity contribution in [1.29, 1.82) is 0 Å². The Morgan fingerprint density at radius 3 is 2.50 bits per heavy atom. The molecule has 0 spiro atoms. The molecule has 0 amide bonds. The highest BCUT2D eigenvalue weighted by molar-refractivity contribution is 4.90. The van der Waals surface area contributed by atoms with Crippen molar-refractivity contribution in [3.63, 3.8) is 0 Å². The average molecular weight is 197 g/mol. The van der Waals surface area contributed by atoms with Crippen molar-refractivity contribution in [2.45, 2.75) is 31.8 Å². The van der Waals surface area contributed by atoms with Crippen LogP contribution in [0.25, 0.3) is 0 Å². The van der Waals surface area contributed by atoms with E-state index in [1.165, 1.54) is 32.5 Å². The molecule has 82 valence electrons. The molecule has 2 atom stereocenters. The molecule has 2 rings (SSSR count). The van der Waals surface area contributed by atoms with Crippen molar-refractivity contribution in [3.8, 4) is 0 Å². The largest absolute Gasteiger partial charge is 0.329 e. The van der Waals surface area contributed by atoms with Gasteiger partial charge in [-0.05, 0) is 25.8 Å². The maximum absolute atomic E-state index is 5.82. The van der Waals surface area contributed by atoms with Crippen molar-refractivity contribution >= 4 is 0 Å². The molecule has 0 aromatic carbocycles. The summed E-state index contributed by atoms with van der Waals surface area (Å²) in [4.78, 5) is 5.10. The fourth-order valence-electron chi connectivity index (χ4n) is 2.58. The zero-order valence-corrected chi connectivity index (χ0v) is 9.45. The Bertz CT molecular complexity index is 191. The first-order valence-electron chi connectivity index (χ1n) is 5.85. The van der Waals surface area contributed by atoms with Gasteiger partial charge in [0.1, 0.15) is 0 Å². The fourth-order valence-corrected chi connectivity index (χ4v) is 2.58. The summed E-state index contributed by atoms with van der Waals surface area (Å²) in [7, 11) is 2.21. The molecule has 0 radical (unpaired) electrons. The molecule has 1 aliphatic heterocycles. The van der Waals surface area contributed by atoms with Crippen LogP contribution < -0.4 is 5.73 Å². The van der Waals surface area contributed by atoms with E-state index in [2.05, 4.69) is 23.8 Å². The van der Waals surface area contributed by atoms with E-state index in [9.17, 15) is 0 Å². The molecule has 3 nitrogen and oxygen atoms in total. The summed E-state index contributed by atoms with van der Waals surface area (Å²) in [5.41, 5.74) is 5.82. The highest BCUT2D eigenvalue weighted by Crippen LogP contribution is 2.29. The van der Waals surface area contributed by atoms with Crippen LogP contribution in [0.3, 0.4) is 0 Å². The molecule has 2 unspecified atom stereocenters. The van der Waals surface area contributed by atoms with Gasteiger partial charge in [0.15, 0.2) is 0 Å². The van der Waals surface area contributed by atoms with Gasteiger partial charge in [0.25, 0.3) is 0 Å². The van der Waals surface area contributed by atoms with Crippen LogP contribution in [-0.2, 0) is 0 Å². The molecule has 1 saturated carbocycles. The molecule has 1 saturated heterocycles. The summed E-state index contributed by atoms with van der Waals surface area (Å²) >= 11 is 0. The van der Waals surface area contributed by atoms with E-state index < -0.39 is 0 Å². The SMILES string of the molecule is CC1CN(C)C(CN)CN(C2CC2)C1. The zero-order valence-electron chi connectivity index (χ0n) is 9.45. The lowest BCUT2D eigenvalue weighted by Crippen LogP contribution is -2.44. The Hall–Kier alpha value is -0.120. The molecule has 0 aromatic heterocycles. The van der Waals surface area contributed by atoms with Gasteiger partial charge in [-0.25, -0.2) is 0 Å². The van der Waals surface area contributed by atoms with E-state index in [-0.39, 0.29) is 0 Å². The second-order valence-electron chi connectivity index (χ2n) is 5.12. The van der Waals surface area contributed by atoms with Crippen molar-refractivity contribution in [1.82, 2.24) is 9.80 Å². The van der Waals surface area contributed by atoms with Gasteiger partial charge in [-0.2, -0.15) is 0 Å². The van der Waals surface area contributed by atoms with Crippen LogP contribution >= 0.6 is 0 Å². The third kappa shape index (κ3) is 2.27. The van der Waals surface area contributed by atoms with Gasteiger partial charge in [0, 0.05) is 38.3 Å². The number of likely N-dealkylation sites (N-methyl/N-ethyl adjacent to an activating group) is 1. The van der Waals surface area contributed by atoms with Gasteiger partial charge in [0.05, 0.1) is 0 Å². The normalized spacial score (nSPS) is 37.1. The summed E-state index contributed by atoms with van der Waals surface area (Å²) in [6.45, 7) is 6.80. The van der Waals surface area contributed by atoms with Crippen molar-refractivity contribution in [2.75, 3.05) is 33.2 Å². The predicted octanol–water partition coefficient (Wildman–Crippen LogP) is 0.360. The summed E-state index contributed by atoms with van der Waals surface area (Å²) < 4.78 is 0. The van der Waals surface area contributed by atoms with Crippen LogP contribution in [-0.4, -0.2) is 55.1 Å². The molecule has 2 N–H and O–H groups in total. The van der Waals surface area contributed by atoms with E-state index >= 15 is 0 Å². The molecule has 2 aliphatic rings. The Kier molecular flexibility index (Phi) is 3.10. The van der Waals surface area contributed by atoms with E-state index in [0.717, 1.165) is 18.5 Å². The van der Waals surface area contributed by atoms with Crippen LogP contribution in [0.1, 0.15) is 19.8 Å². The van der Waals surface area contributed by atoms with Crippen molar-refractivity contribution < 1.29 is 0 Å². The Balaban J connectivity index is 1.99. The molecule has 0 bridgehead atoms. The van der Waals surface area contributed by atoms with Crippen LogP contribution in [0.2, 0.25) is 0 Å². The van der Waals surface area contributed by atoms with Crippen molar-refractivity contribution in [3.05, 3.63) is 0 Å².